The third kappa shape index (κ3) is 5.20. The third-order valence-corrected chi connectivity index (χ3v) is 7.55. The Morgan fingerprint density at radius 1 is 1.03 bits per heavy atom. The number of carbonyl (C=O) groups is 2. The quantitative estimate of drug-likeness (QED) is 0.494. The molecule has 2 aromatic carbocycles. The lowest BCUT2D eigenvalue weighted by Crippen LogP contribution is -2.47. The molecule has 2 amide bonds. The fourth-order valence-electron chi connectivity index (χ4n) is 4.91. The first-order valence-corrected chi connectivity index (χ1v) is 13.1. The third-order valence-electron chi connectivity index (χ3n) is 6.67. The van der Waals surface area contributed by atoms with Crippen molar-refractivity contribution in [3.8, 4) is 11.5 Å². The van der Waals surface area contributed by atoms with Crippen molar-refractivity contribution >= 4 is 28.8 Å². The SMILES string of the molecule is Cc1ccccc1[C@@H](C(=O)NC1CCCC1)N(C(=O)Cc1cccs1)c1ccc2c(c1)OCCO2. The van der Waals surface area contributed by atoms with E-state index in [1.807, 2.05) is 66.9 Å². The maximum atomic E-state index is 13.9. The molecule has 0 radical (unpaired) electrons. The van der Waals surface area contributed by atoms with E-state index in [1.54, 1.807) is 4.90 Å². The van der Waals surface area contributed by atoms with Gasteiger partial charge in [-0.05, 0) is 54.5 Å². The van der Waals surface area contributed by atoms with Gasteiger partial charge in [-0.15, -0.1) is 11.3 Å². The number of anilines is 1. The van der Waals surface area contributed by atoms with E-state index in [2.05, 4.69) is 5.32 Å². The van der Waals surface area contributed by atoms with Crippen LogP contribution in [0.5, 0.6) is 11.5 Å². The van der Waals surface area contributed by atoms with Gasteiger partial charge in [-0.1, -0.05) is 43.2 Å². The van der Waals surface area contributed by atoms with Gasteiger partial charge in [0.2, 0.25) is 11.8 Å². The Balaban J connectivity index is 1.59. The van der Waals surface area contributed by atoms with Crippen LogP contribution >= 0.6 is 11.3 Å². The van der Waals surface area contributed by atoms with Crippen LogP contribution in [-0.2, 0) is 16.0 Å². The highest BCUT2D eigenvalue weighted by atomic mass is 32.1. The lowest BCUT2D eigenvalue weighted by Gasteiger charge is -2.33. The smallest absolute Gasteiger partial charge is 0.248 e. The summed E-state index contributed by atoms with van der Waals surface area (Å²) in [7, 11) is 0. The van der Waals surface area contributed by atoms with Crippen LogP contribution < -0.4 is 19.7 Å². The second-order valence-corrected chi connectivity index (χ2v) is 10.1. The lowest BCUT2D eigenvalue weighted by molar-refractivity contribution is -0.127. The zero-order valence-corrected chi connectivity index (χ0v) is 20.7. The summed E-state index contributed by atoms with van der Waals surface area (Å²) in [6, 6.07) is 16.5. The molecule has 2 aliphatic rings. The molecule has 0 unspecified atom stereocenters. The topological polar surface area (TPSA) is 67.9 Å². The molecule has 1 saturated carbocycles. The summed E-state index contributed by atoms with van der Waals surface area (Å²) >= 11 is 1.54. The number of aryl methyl sites for hydroxylation is 1. The average Bonchev–Trinajstić information content (AvgIpc) is 3.57. The maximum absolute atomic E-state index is 13.9. The van der Waals surface area contributed by atoms with E-state index >= 15 is 0 Å². The van der Waals surface area contributed by atoms with E-state index < -0.39 is 6.04 Å². The highest BCUT2D eigenvalue weighted by Gasteiger charge is 2.35. The molecule has 0 saturated heterocycles. The van der Waals surface area contributed by atoms with E-state index in [1.165, 1.54) is 11.3 Å². The molecule has 182 valence electrons. The Morgan fingerprint density at radius 2 is 1.80 bits per heavy atom. The summed E-state index contributed by atoms with van der Waals surface area (Å²) < 4.78 is 11.5. The predicted molar refractivity (Wildman–Crippen MR) is 137 cm³/mol. The summed E-state index contributed by atoms with van der Waals surface area (Å²) in [5.74, 6) is 0.940. The van der Waals surface area contributed by atoms with Gasteiger partial charge in [0.05, 0.1) is 6.42 Å². The number of ether oxygens (including phenoxy) is 2. The minimum absolute atomic E-state index is 0.140. The van der Waals surface area contributed by atoms with E-state index in [0.717, 1.165) is 41.7 Å². The molecule has 3 aromatic rings. The van der Waals surface area contributed by atoms with Gasteiger partial charge in [-0.25, -0.2) is 0 Å². The van der Waals surface area contributed by atoms with E-state index in [9.17, 15) is 9.59 Å². The number of carbonyl (C=O) groups excluding carboxylic acids is 2. The monoisotopic (exact) mass is 490 g/mol. The van der Waals surface area contributed by atoms with Gasteiger partial charge >= 0.3 is 0 Å². The van der Waals surface area contributed by atoms with E-state index in [4.69, 9.17) is 9.47 Å². The van der Waals surface area contributed by atoms with Crippen LogP contribution in [0.4, 0.5) is 5.69 Å². The number of amides is 2. The van der Waals surface area contributed by atoms with Crippen molar-refractivity contribution in [1.29, 1.82) is 0 Å². The molecule has 6 nitrogen and oxygen atoms in total. The van der Waals surface area contributed by atoms with Crippen molar-refractivity contribution in [2.75, 3.05) is 18.1 Å². The van der Waals surface area contributed by atoms with Gasteiger partial charge < -0.3 is 14.8 Å². The fourth-order valence-corrected chi connectivity index (χ4v) is 5.60. The first kappa shape index (κ1) is 23.4. The number of nitrogens with one attached hydrogen (secondary N) is 1. The summed E-state index contributed by atoms with van der Waals surface area (Å²) in [4.78, 5) is 30.4. The number of hydrogen-bond acceptors (Lipinski definition) is 5. The lowest BCUT2D eigenvalue weighted by atomic mass is 9.97. The Labute approximate surface area is 209 Å². The summed E-state index contributed by atoms with van der Waals surface area (Å²) in [5.41, 5.74) is 2.40. The zero-order chi connectivity index (χ0) is 24.2. The van der Waals surface area contributed by atoms with Crippen LogP contribution in [0.3, 0.4) is 0 Å². The molecule has 0 bridgehead atoms. The van der Waals surface area contributed by atoms with Crippen molar-refractivity contribution < 1.29 is 19.1 Å². The molecule has 1 atom stereocenters. The second kappa shape index (κ2) is 10.5. The van der Waals surface area contributed by atoms with Crippen molar-refractivity contribution in [1.82, 2.24) is 5.32 Å². The van der Waals surface area contributed by atoms with Crippen molar-refractivity contribution in [2.24, 2.45) is 0 Å². The summed E-state index contributed by atoms with van der Waals surface area (Å²) in [6.07, 6.45) is 4.39. The van der Waals surface area contributed by atoms with Crippen LogP contribution in [0.25, 0.3) is 0 Å². The van der Waals surface area contributed by atoms with Gasteiger partial charge in [0.15, 0.2) is 11.5 Å². The number of nitrogens with zero attached hydrogens (tertiary/aromatic N) is 1. The molecular formula is C28H30N2O4S. The highest BCUT2D eigenvalue weighted by Crippen LogP contribution is 2.38. The Morgan fingerprint density at radius 3 is 2.54 bits per heavy atom. The molecular weight excluding hydrogens is 460 g/mol. The molecule has 0 spiro atoms. The van der Waals surface area contributed by atoms with Crippen LogP contribution in [0.2, 0.25) is 0 Å². The van der Waals surface area contributed by atoms with Gasteiger partial charge in [-0.2, -0.15) is 0 Å². The highest BCUT2D eigenvalue weighted by molar-refractivity contribution is 7.10. The van der Waals surface area contributed by atoms with Crippen LogP contribution in [-0.4, -0.2) is 31.1 Å². The normalized spacial score (nSPS) is 16.0. The number of rotatable bonds is 7. The predicted octanol–water partition coefficient (Wildman–Crippen LogP) is 5.20. The van der Waals surface area contributed by atoms with E-state index in [0.29, 0.717) is 30.4 Å². The van der Waals surface area contributed by atoms with Crippen molar-refractivity contribution in [3.63, 3.8) is 0 Å². The fraction of sp³-hybridized carbons (Fsp3) is 0.357. The van der Waals surface area contributed by atoms with Crippen molar-refractivity contribution in [3.05, 3.63) is 76.0 Å². The Kier molecular flexibility index (Phi) is 7.04. The zero-order valence-electron chi connectivity index (χ0n) is 19.9. The maximum Gasteiger partial charge on any atom is 0.248 e. The molecule has 1 aliphatic heterocycles. The minimum atomic E-state index is -0.799. The first-order chi connectivity index (χ1) is 17.1. The molecule has 1 fully saturated rings. The molecule has 35 heavy (non-hydrogen) atoms. The molecule has 2 heterocycles. The molecule has 1 aliphatic carbocycles. The number of hydrogen-bond donors (Lipinski definition) is 1. The van der Waals surface area contributed by atoms with Gasteiger partial charge in [-0.3, -0.25) is 14.5 Å². The number of thiophene rings is 1. The largest absolute Gasteiger partial charge is 0.486 e. The first-order valence-electron chi connectivity index (χ1n) is 12.2. The molecule has 5 rings (SSSR count). The second-order valence-electron chi connectivity index (χ2n) is 9.10. The number of benzene rings is 2. The Hall–Kier alpha value is -3.32. The standard InChI is InChI=1S/C28H30N2O4S/c1-19-7-2-5-11-23(19)27(28(32)29-20-8-3-4-9-20)30(26(31)18-22-10-6-16-35-22)21-12-13-24-25(17-21)34-15-14-33-24/h2,5-7,10-13,16-17,20,27H,3-4,8-9,14-15,18H2,1H3,(H,29,32)/t27-/m0/s1. The molecule has 7 heteroatoms. The van der Waals surface area contributed by atoms with Gasteiger partial charge in [0.25, 0.3) is 0 Å². The van der Waals surface area contributed by atoms with Crippen LogP contribution in [0, 0.1) is 6.92 Å². The minimum Gasteiger partial charge on any atom is -0.486 e. The van der Waals surface area contributed by atoms with Gasteiger partial charge in [0, 0.05) is 22.7 Å². The summed E-state index contributed by atoms with van der Waals surface area (Å²) in [5, 5.41) is 5.21. The molecule has 1 N–H and O–H groups in total. The summed E-state index contributed by atoms with van der Waals surface area (Å²) in [6.45, 7) is 2.92. The van der Waals surface area contributed by atoms with Gasteiger partial charge in [0.1, 0.15) is 19.3 Å². The van der Waals surface area contributed by atoms with E-state index in [-0.39, 0.29) is 24.3 Å². The molecule has 1 aromatic heterocycles. The number of fused-ring (bicyclic) bond motifs is 1. The van der Waals surface area contributed by atoms with Crippen LogP contribution in [0.15, 0.2) is 60.0 Å². The van der Waals surface area contributed by atoms with Crippen LogP contribution in [0.1, 0.15) is 47.7 Å². The Bertz CT molecular complexity index is 1190. The average molecular weight is 491 g/mol. The van der Waals surface area contributed by atoms with Crippen molar-refractivity contribution in [2.45, 2.75) is 51.1 Å².